The first-order chi connectivity index (χ1) is 13.3. The van der Waals surface area contributed by atoms with Gasteiger partial charge in [-0.15, -0.1) is 0 Å². The molecular weight excluding hydrogens is 386 g/mol. The number of hydrogen-bond acceptors (Lipinski definition) is 1. The molecule has 0 spiro atoms. The summed E-state index contributed by atoms with van der Waals surface area (Å²) < 4.78 is 0. The molecule has 2 nitrogen and oxygen atoms in total. The van der Waals surface area contributed by atoms with E-state index in [1.54, 1.807) is 0 Å². The maximum absolute atomic E-state index is 13.1. The lowest BCUT2D eigenvalue weighted by Crippen LogP contribution is -2.88. The van der Waals surface area contributed by atoms with E-state index in [1.807, 2.05) is 0 Å². The minimum absolute atomic E-state index is 0.0308. The lowest BCUT2D eigenvalue weighted by atomic mass is 9.77. The van der Waals surface area contributed by atoms with E-state index >= 15 is 0 Å². The molecule has 3 aliphatic rings. The highest BCUT2D eigenvalue weighted by atomic mass is 29.3. The minimum Gasteiger partial charge on any atom is -0.273 e. The first-order valence-electron chi connectivity index (χ1n) is 11.4. The van der Waals surface area contributed by atoms with Crippen LogP contribution in [-0.2, 0) is 21.7 Å². The van der Waals surface area contributed by atoms with Gasteiger partial charge in [0.1, 0.15) is 0 Å². The van der Waals surface area contributed by atoms with Gasteiger partial charge in [0.05, 0.1) is 15.2 Å². The van der Waals surface area contributed by atoms with Gasteiger partial charge in [-0.05, 0) is 58.4 Å². The van der Waals surface area contributed by atoms with Crippen LogP contribution in [0.3, 0.4) is 0 Å². The van der Waals surface area contributed by atoms with Gasteiger partial charge in [0, 0.05) is 5.04 Å². The number of nitrogens with one attached hydrogen (secondary N) is 1. The Kier molecular flexibility index (Phi) is 4.35. The second kappa shape index (κ2) is 5.97. The Morgan fingerprint density at radius 2 is 1.76 bits per heavy atom. The summed E-state index contributed by atoms with van der Waals surface area (Å²) in [6.07, 6.45) is 7.74. The normalized spacial score (nSPS) is 31.7. The largest absolute Gasteiger partial charge is 0.273 e. The predicted molar refractivity (Wildman–Crippen MR) is 128 cm³/mol. The van der Waals surface area contributed by atoms with Crippen LogP contribution in [0, 0.1) is 0 Å². The third-order valence-electron chi connectivity index (χ3n) is 9.74. The first-order valence-corrected chi connectivity index (χ1v) is 18.4. The van der Waals surface area contributed by atoms with Crippen molar-refractivity contribution >= 4 is 27.2 Å². The van der Waals surface area contributed by atoms with Crippen molar-refractivity contribution in [2.45, 2.75) is 101 Å². The van der Waals surface area contributed by atoms with Crippen LogP contribution in [0.1, 0.15) is 75.6 Å². The van der Waals surface area contributed by atoms with Crippen LogP contribution in [0.4, 0.5) is 0 Å². The Labute approximate surface area is 179 Å². The van der Waals surface area contributed by atoms with E-state index in [2.05, 4.69) is 72.1 Å². The van der Waals surface area contributed by atoms with E-state index < -0.39 is 15.2 Å². The van der Waals surface area contributed by atoms with E-state index in [-0.39, 0.29) is 21.4 Å². The summed E-state index contributed by atoms with van der Waals surface area (Å²) in [6.45, 7) is 19.2. The summed E-state index contributed by atoms with van der Waals surface area (Å²) in [5.41, 5.74) is 15.9. The lowest BCUT2D eigenvalue weighted by molar-refractivity contribution is -0.123. The van der Waals surface area contributed by atoms with Crippen LogP contribution in [0.5, 0.6) is 0 Å². The van der Waals surface area contributed by atoms with Crippen molar-refractivity contribution in [3.05, 3.63) is 40.0 Å². The summed E-state index contributed by atoms with van der Waals surface area (Å²) in [4.78, 5) is 13.1. The van der Waals surface area contributed by atoms with Gasteiger partial charge in [0.15, 0.2) is 0 Å². The fourth-order valence-corrected chi connectivity index (χ4v) is 25.6. The second-order valence-corrected chi connectivity index (χ2v) is 27.6. The van der Waals surface area contributed by atoms with Crippen molar-refractivity contribution in [1.82, 2.24) is 5.73 Å². The number of fused-ring (bicyclic) bond motifs is 2. The summed E-state index contributed by atoms with van der Waals surface area (Å²) in [7, 11) is -3.53. The number of carbonyl (C=O) groups excluding carboxylic acids is 1. The molecule has 2 unspecified atom stereocenters. The van der Waals surface area contributed by atoms with Crippen LogP contribution in [-0.4, -0.2) is 21.1 Å². The van der Waals surface area contributed by atoms with E-state index in [4.69, 9.17) is 5.73 Å². The standard InChI is InChI=1S/C25H38NOSi2/c1-9-17-13-18-15-19(23(2,3)4)16-21(20(18)14-17)24-11-10-12-25(24,22(26)27)29(7,8)28(24,5)6/h13,15-16,26H,9-12,14H2,1-8H3. The van der Waals surface area contributed by atoms with Gasteiger partial charge in [-0.2, -0.15) is 0 Å². The number of benzene rings is 1. The Balaban J connectivity index is 2.05. The molecule has 1 aromatic rings. The van der Waals surface area contributed by atoms with Crippen LogP contribution in [0.15, 0.2) is 17.7 Å². The molecule has 1 heterocycles. The van der Waals surface area contributed by atoms with Crippen LogP contribution in [0.25, 0.3) is 6.08 Å². The lowest BCUT2D eigenvalue weighted by Gasteiger charge is -2.74. The highest BCUT2D eigenvalue weighted by Crippen LogP contribution is 2.79. The molecule has 1 aromatic carbocycles. The molecule has 29 heavy (non-hydrogen) atoms. The molecule has 2 fully saturated rings. The molecule has 2 aliphatic carbocycles. The zero-order valence-corrected chi connectivity index (χ0v) is 21.7. The number of rotatable bonds is 3. The molecule has 0 bridgehead atoms. The van der Waals surface area contributed by atoms with Crippen molar-refractivity contribution in [2.75, 3.05) is 0 Å². The quantitative estimate of drug-likeness (QED) is 0.521. The number of carbonyl (C=O) groups is 1. The Bertz CT molecular complexity index is 937. The van der Waals surface area contributed by atoms with E-state index in [0.29, 0.717) is 0 Å². The molecule has 1 amide bonds. The molecule has 1 radical (unpaired) electrons. The van der Waals surface area contributed by atoms with Gasteiger partial charge in [-0.3, -0.25) is 10.5 Å². The molecule has 0 aromatic heterocycles. The average molecular weight is 425 g/mol. The minimum atomic E-state index is -1.81. The Morgan fingerprint density at radius 1 is 1.10 bits per heavy atom. The number of hydrogen-bond donors (Lipinski definition) is 0. The number of allylic oxidation sites excluding steroid dienone is 1. The molecule has 157 valence electrons. The van der Waals surface area contributed by atoms with E-state index in [0.717, 1.165) is 32.1 Å². The maximum Gasteiger partial charge on any atom is 0.242 e. The zero-order chi connectivity index (χ0) is 21.6. The van der Waals surface area contributed by atoms with E-state index in [1.165, 1.54) is 27.8 Å². The van der Waals surface area contributed by atoms with Crippen molar-refractivity contribution in [1.29, 1.82) is 0 Å². The molecule has 1 saturated carbocycles. The molecular formula is C25H38NOSi2. The predicted octanol–water partition coefficient (Wildman–Crippen LogP) is 6.35. The third-order valence-corrected chi connectivity index (χ3v) is 31.2. The van der Waals surface area contributed by atoms with Gasteiger partial charge < -0.3 is 0 Å². The van der Waals surface area contributed by atoms with Gasteiger partial charge in [0.25, 0.3) is 0 Å². The highest BCUT2D eigenvalue weighted by Gasteiger charge is 2.85. The van der Waals surface area contributed by atoms with Crippen molar-refractivity contribution in [3.8, 4) is 0 Å². The van der Waals surface area contributed by atoms with Gasteiger partial charge >= 0.3 is 0 Å². The second-order valence-electron chi connectivity index (χ2n) is 11.9. The maximum atomic E-state index is 13.1. The fourth-order valence-electron chi connectivity index (χ4n) is 7.59. The zero-order valence-electron chi connectivity index (χ0n) is 19.7. The summed E-state index contributed by atoms with van der Waals surface area (Å²) in [5.74, 6) is -0.241. The molecule has 2 atom stereocenters. The SMILES string of the molecule is CCC1=Cc2cc(C(C)(C)C)cc(C34CCCC3(C([NH])=O)[Si](C)(C)[Si]4(C)C)c2C1. The summed E-state index contributed by atoms with van der Waals surface area (Å²) >= 11 is 0. The number of amides is 1. The van der Waals surface area contributed by atoms with Crippen molar-refractivity contribution < 1.29 is 4.79 Å². The van der Waals surface area contributed by atoms with Crippen LogP contribution < -0.4 is 5.73 Å². The Morgan fingerprint density at radius 3 is 2.31 bits per heavy atom. The van der Waals surface area contributed by atoms with Crippen molar-refractivity contribution in [3.63, 3.8) is 0 Å². The first kappa shape index (κ1) is 21.1. The molecule has 4 heteroatoms. The Hall–Kier alpha value is -1.14. The van der Waals surface area contributed by atoms with Gasteiger partial charge in [0.2, 0.25) is 5.91 Å². The van der Waals surface area contributed by atoms with E-state index in [9.17, 15) is 4.79 Å². The van der Waals surface area contributed by atoms with Gasteiger partial charge in [-0.1, -0.05) is 84.1 Å². The van der Waals surface area contributed by atoms with Gasteiger partial charge in [-0.25, -0.2) is 0 Å². The molecule has 4 rings (SSSR count). The van der Waals surface area contributed by atoms with Crippen LogP contribution in [0.2, 0.25) is 31.2 Å². The molecule has 1 saturated heterocycles. The smallest absolute Gasteiger partial charge is 0.242 e. The topological polar surface area (TPSA) is 40.9 Å². The molecule has 1 N–H and O–H groups in total. The third kappa shape index (κ3) is 2.20. The van der Waals surface area contributed by atoms with Crippen molar-refractivity contribution in [2.24, 2.45) is 0 Å². The van der Waals surface area contributed by atoms with Crippen LogP contribution >= 0.6 is 0 Å². The highest BCUT2D eigenvalue weighted by molar-refractivity contribution is 7.48. The molecule has 1 aliphatic heterocycles. The fraction of sp³-hybridized carbons (Fsp3) is 0.640. The summed E-state index contributed by atoms with van der Waals surface area (Å²) in [6, 6.07) is 4.90. The average Bonchev–Trinajstić information content (AvgIpc) is 3.21. The monoisotopic (exact) mass is 424 g/mol. The summed E-state index contributed by atoms with van der Waals surface area (Å²) in [5, 5.41) is -0.397.